The normalized spacial score (nSPS) is 11.9. The van der Waals surface area contributed by atoms with Crippen LogP contribution in [0.1, 0.15) is 61.1 Å². The van der Waals surface area contributed by atoms with E-state index in [2.05, 4.69) is 61.0 Å². The highest BCUT2D eigenvalue weighted by Crippen LogP contribution is 2.22. The number of hydrogen-bond donors (Lipinski definition) is 3. The number of amides is 2. The summed E-state index contributed by atoms with van der Waals surface area (Å²) >= 11 is 0. The maximum Gasteiger partial charge on any atom is 0.251 e. The molecule has 0 heterocycles. The van der Waals surface area contributed by atoms with Gasteiger partial charge >= 0.3 is 0 Å². The Balaban J connectivity index is 1.92. The first-order chi connectivity index (χ1) is 13.9. The maximum atomic E-state index is 12.4. The second-order valence-electron chi connectivity index (χ2n) is 7.65. The van der Waals surface area contributed by atoms with Crippen LogP contribution in [0.3, 0.4) is 0 Å². The summed E-state index contributed by atoms with van der Waals surface area (Å²) in [5.41, 5.74) is 3.79. The molecule has 29 heavy (non-hydrogen) atoms. The predicted molar refractivity (Wildman–Crippen MR) is 119 cm³/mol. The van der Waals surface area contributed by atoms with E-state index in [0.29, 0.717) is 17.2 Å². The molecule has 0 aliphatic heterocycles. The molecular weight excluding hydrogens is 362 g/mol. The average Bonchev–Trinajstić information content (AvgIpc) is 2.73. The Hall–Kier alpha value is -2.66. The van der Waals surface area contributed by atoms with E-state index in [1.807, 2.05) is 0 Å². The number of rotatable bonds is 10. The molecule has 2 amide bonds. The van der Waals surface area contributed by atoms with Crippen molar-refractivity contribution in [2.45, 2.75) is 46.1 Å². The molecule has 156 valence electrons. The van der Waals surface area contributed by atoms with Gasteiger partial charge in [-0.25, -0.2) is 0 Å². The minimum Gasteiger partial charge on any atom is -0.355 e. The van der Waals surface area contributed by atoms with E-state index < -0.39 is 0 Å². The fraction of sp³-hybridized carbons (Fsp3) is 0.417. The van der Waals surface area contributed by atoms with Crippen molar-refractivity contribution in [3.8, 4) is 0 Å². The van der Waals surface area contributed by atoms with Crippen molar-refractivity contribution in [1.29, 1.82) is 0 Å². The van der Waals surface area contributed by atoms with Crippen molar-refractivity contribution in [3.05, 3.63) is 65.2 Å². The van der Waals surface area contributed by atoms with E-state index in [9.17, 15) is 9.59 Å². The summed E-state index contributed by atoms with van der Waals surface area (Å²) in [5, 5.41) is 8.83. The Morgan fingerprint density at radius 1 is 0.966 bits per heavy atom. The number of unbranched alkanes of at least 4 members (excludes halogenated alkanes) is 1. The van der Waals surface area contributed by atoms with Gasteiger partial charge in [-0.15, -0.1) is 0 Å². The molecule has 5 heteroatoms. The lowest BCUT2D eigenvalue weighted by molar-refractivity contribution is -0.115. The second-order valence-corrected chi connectivity index (χ2v) is 7.65. The molecule has 0 saturated heterocycles. The van der Waals surface area contributed by atoms with E-state index in [0.717, 1.165) is 6.42 Å². The van der Waals surface area contributed by atoms with Crippen LogP contribution in [0.4, 0.5) is 5.69 Å². The van der Waals surface area contributed by atoms with Gasteiger partial charge in [0.05, 0.1) is 6.54 Å². The number of benzene rings is 2. The van der Waals surface area contributed by atoms with Gasteiger partial charge in [0, 0.05) is 24.3 Å². The van der Waals surface area contributed by atoms with Gasteiger partial charge < -0.3 is 16.0 Å². The summed E-state index contributed by atoms with van der Waals surface area (Å²) in [5.74, 6) is 0.101. The molecule has 0 radical (unpaired) electrons. The molecule has 0 aliphatic carbocycles. The third kappa shape index (κ3) is 7.02. The molecule has 0 spiro atoms. The standard InChI is InChI=1S/C24H33N3O2/c1-5-6-7-18-8-10-19(11-9-18)23(17(2)3)26-16-22(28)27-21-14-12-20(13-15-21)24(29)25-4/h8-15,17,23,26H,5-7,16H2,1-4H3,(H,25,29)(H,27,28)/t23-/m0/s1. The molecule has 0 fully saturated rings. The summed E-state index contributed by atoms with van der Waals surface area (Å²) in [4.78, 5) is 24.0. The van der Waals surface area contributed by atoms with Crippen molar-refractivity contribution in [3.63, 3.8) is 0 Å². The van der Waals surface area contributed by atoms with Crippen molar-refractivity contribution in [1.82, 2.24) is 10.6 Å². The van der Waals surface area contributed by atoms with Gasteiger partial charge in [-0.1, -0.05) is 51.5 Å². The fourth-order valence-corrected chi connectivity index (χ4v) is 3.27. The lowest BCUT2D eigenvalue weighted by Crippen LogP contribution is -2.33. The van der Waals surface area contributed by atoms with Crippen molar-refractivity contribution >= 4 is 17.5 Å². The highest BCUT2D eigenvalue weighted by molar-refractivity contribution is 5.96. The summed E-state index contributed by atoms with van der Waals surface area (Å²) < 4.78 is 0. The lowest BCUT2D eigenvalue weighted by Gasteiger charge is -2.23. The molecule has 5 nitrogen and oxygen atoms in total. The molecule has 0 saturated carbocycles. The van der Waals surface area contributed by atoms with Gasteiger partial charge in [-0.2, -0.15) is 0 Å². The van der Waals surface area contributed by atoms with Crippen LogP contribution in [0.15, 0.2) is 48.5 Å². The third-order valence-electron chi connectivity index (χ3n) is 4.96. The maximum absolute atomic E-state index is 12.4. The van der Waals surface area contributed by atoms with Gasteiger partial charge in [-0.3, -0.25) is 9.59 Å². The van der Waals surface area contributed by atoms with Gasteiger partial charge in [0.2, 0.25) is 5.91 Å². The van der Waals surface area contributed by atoms with Crippen LogP contribution in [-0.2, 0) is 11.2 Å². The zero-order valence-corrected chi connectivity index (χ0v) is 17.9. The lowest BCUT2D eigenvalue weighted by atomic mass is 9.94. The van der Waals surface area contributed by atoms with Crippen molar-refractivity contribution in [2.24, 2.45) is 5.92 Å². The largest absolute Gasteiger partial charge is 0.355 e. The van der Waals surface area contributed by atoms with Crippen LogP contribution in [0, 0.1) is 5.92 Å². The molecule has 1 atom stereocenters. The van der Waals surface area contributed by atoms with Crippen LogP contribution in [0.5, 0.6) is 0 Å². The molecule has 0 unspecified atom stereocenters. The quantitative estimate of drug-likeness (QED) is 0.561. The first-order valence-corrected chi connectivity index (χ1v) is 10.4. The number of carbonyl (C=O) groups excluding carboxylic acids is 2. The highest BCUT2D eigenvalue weighted by atomic mass is 16.2. The topological polar surface area (TPSA) is 70.2 Å². The van der Waals surface area contributed by atoms with Crippen LogP contribution < -0.4 is 16.0 Å². The van der Waals surface area contributed by atoms with Crippen molar-refractivity contribution < 1.29 is 9.59 Å². The van der Waals surface area contributed by atoms with Gasteiger partial charge in [0.25, 0.3) is 5.91 Å². The minimum atomic E-state index is -0.148. The molecule has 0 bridgehead atoms. The van der Waals surface area contributed by atoms with Crippen LogP contribution >= 0.6 is 0 Å². The van der Waals surface area contributed by atoms with Gasteiger partial charge in [-0.05, 0) is 54.2 Å². The first-order valence-electron chi connectivity index (χ1n) is 10.4. The molecule has 0 aliphatic rings. The zero-order valence-electron chi connectivity index (χ0n) is 17.9. The predicted octanol–water partition coefficient (Wildman–Crippen LogP) is 4.31. The molecule has 2 aromatic rings. The Morgan fingerprint density at radius 3 is 2.17 bits per heavy atom. The zero-order chi connectivity index (χ0) is 21.2. The van der Waals surface area contributed by atoms with Gasteiger partial charge in [0.1, 0.15) is 0 Å². The molecule has 2 rings (SSSR count). The number of nitrogens with one attached hydrogen (secondary N) is 3. The first kappa shape index (κ1) is 22.6. The number of carbonyl (C=O) groups is 2. The Morgan fingerprint density at radius 2 is 1.62 bits per heavy atom. The van der Waals surface area contributed by atoms with E-state index in [-0.39, 0.29) is 24.4 Å². The van der Waals surface area contributed by atoms with Crippen molar-refractivity contribution in [2.75, 3.05) is 18.9 Å². The summed E-state index contributed by atoms with van der Waals surface area (Å²) in [6.07, 6.45) is 3.51. The highest BCUT2D eigenvalue weighted by Gasteiger charge is 2.16. The van der Waals surface area contributed by atoms with E-state index >= 15 is 0 Å². The summed E-state index contributed by atoms with van der Waals surface area (Å²) in [6, 6.07) is 15.7. The number of hydrogen-bond acceptors (Lipinski definition) is 3. The van der Waals surface area contributed by atoms with E-state index in [4.69, 9.17) is 0 Å². The monoisotopic (exact) mass is 395 g/mol. The van der Waals surface area contributed by atoms with Gasteiger partial charge in [0.15, 0.2) is 0 Å². The number of aryl methyl sites for hydroxylation is 1. The average molecular weight is 396 g/mol. The Kier molecular flexibility index (Phi) is 8.87. The summed E-state index contributed by atoms with van der Waals surface area (Å²) in [7, 11) is 1.59. The smallest absolute Gasteiger partial charge is 0.251 e. The molecular formula is C24H33N3O2. The molecule has 0 aromatic heterocycles. The number of anilines is 1. The molecule has 3 N–H and O–H groups in total. The summed E-state index contributed by atoms with van der Waals surface area (Å²) in [6.45, 7) is 6.72. The molecule has 2 aromatic carbocycles. The third-order valence-corrected chi connectivity index (χ3v) is 4.96. The second kappa shape index (κ2) is 11.4. The minimum absolute atomic E-state index is 0.108. The fourth-order valence-electron chi connectivity index (χ4n) is 3.27. The van der Waals surface area contributed by atoms with Crippen LogP contribution in [0.2, 0.25) is 0 Å². The Labute approximate surface area is 174 Å². The van der Waals surface area contributed by atoms with Crippen LogP contribution in [-0.4, -0.2) is 25.4 Å². The SMILES string of the molecule is CCCCc1ccc([C@@H](NCC(=O)Nc2ccc(C(=O)NC)cc2)C(C)C)cc1. The van der Waals surface area contributed by atoms with E-state index in [1.165, 1.54) is 24.0 Å². The Bertz CT molecular complexity index is 783. The van der Waals surface area contributed by atoms with E-state index in [1.54, 1.807) is 31.3 Å². The van der Waals surface area contributed by atoms with Crippen LogP contribution in [0.25, 0.3) is 0 Å².